The quantitative estimate of drug-likeness (QED) is 0.288. The molecule has 1 amide bonds. The van der Waals surface area contributed by atoms with Crippen molar-refractivity contribution in [3.8, 4) is 17.2 Å². The smallest absolute Gasteiger partial charge is 0.266 e. The highest BCUT2D eigenvalue weighted by Gasteiger charge is 2.30. The molecule has 0 bridgehead atoms. The largest absolute Gasteiger partial charge is 0.497 e. The highest BCUT2D eigenvalue weighted by molar-refractivity contribution is 9.10. The number of ether oxygens (including phenoxy) is 3. The molecule has 0 aromatic heterocycles. The fourth-order valence-corrected chi connectivity index (χ4v) is 4.43. The summed E-state index contributed by atoms with van der Waals surface area (Å²) in [4.78, 5) is 14.7. The van der Waals surface area contributed by atoms with Crippen LogP contribution in [0.25, 0.3) is 6.08 Å². The van der Waals surface area contributed by atoms with Gasteiger partial charge in [-0.2, -0.15) is 0 Å². The Hall–Kier alpha value is -2.03. The molecular formula is C21H20BrNO4S2. The summed E-state index contributed by atoms with van der Waals surface area (Å²) >= 11 is 10.1. The second kappa shape index (κ2) is 10.1. The molecule has 8 heteroatoms. The highest BCUT2D eigenvalue weighted by Crippen LogP contribution is 2.35. The second-order valence-electron chi connectivity index (χ2n) is 5.98. The lowest BCUT2D eigenvalue weighted by Crippen LogP contribution is -2.27. The number of carbonyl (C=O) groups excluding carboxylic acids is 1. The normalized spacial score (nSPS) is 15.1. The van der Waals surface area contributed by atoms with E-state index in [1.54, 1.807) is 12.0 Å². The maximum absolute atomic E-state index is 12.5. The van der Waals surface area contributed by atoms with Crippen LogP contribution in [0.4, 0.5) is 0 Å². The molecule has 3 rings (SSSR count). The molecule has 0 spiro atoms. The third-order valence-electron chi connectivity index (χ3n) is 4.10. The van der Waals surface area contributed by atoms with E-state index in [1.165, 1.54) is 11.8 Å². The first-order valence-corrected chi connectivity index (χ1v) is 11.0. The molecule has 1 fully saturated rings. The number of thioether (sulfide) groups is 1. The molecule has 5 nitrogen and oxygen atoms in total. The summed E-state index contributed by atoms with van der Waals surface area (Å²) in [5.41, 5.74) is 0.803. The molecule has 0 aliphatic carbocycles. The van der Waals surface area contributed by atoms with Crippen LogP contribution in [-0.2, 0) is 4.79 Å². The Morgan fingerprint density at radius 1 is 1.14 bits per heavy atom. The van der Waals surface area contributed by atoms with Crippen molar-refractivity contribution in [3.05, 3.63) is 57.4 Å². The van der Waals surface area contributed by atoms with Crippen molar-refractivity contribution in [2.45, 2.75) is 6.92 Å². The van der Waals surface area contributed by atoms with Gasteiger partial charge in [0.2, 0.25) is 0 Å². The molecule has 0 unspecified atom stereocenters. The van der Waals surface area contributed by atoms with E-state index in [0.717, 1.165) is 15.8 Å². The summed E-state index contributed by atoms with van der Waals surface area (Å²) in [5.74, 6) is 2.05. The van der Waals surface area contributed by atoms with E-state index in [2.05, 4.69) is 15.9 Å². The van der Waals surface area contributed by atoms with Crippen LogP contribution in [0.3, 0.4) is 0 Å². The number of carbonyl (C=O) groups is 1. The van der Waals surface area contributed by atoms with E-state index in [9.17, 15) is 4.79 Å². The van der Waals surface area contributed by atoms with Crippen LogP contribution in [0.5, 0.6) is 17.2 Å². The van der Waals surface area contributed by atoms with Crippen molar-refractivity contribution >= 4 is 56.2 Å². The summed E-state index contributed by atoms with van der Waals surface area (Å²) in [6.07, 6.45) is 1.82. The Morgan fingerprint density at radius 3 is 2.62 bits per heavy atom. The fraction of sp³-hybridized carbons (Fsp3) is 0.238. The van der Waals surface area contributed by atoms with Gasteiger partial charge in [0.1, 0.15) is 34.8 Å². The van der Waals surface area contributed by atoms with Crippen LogP contribution in [0.1, 0.15) is 12.5 Å². The Labute approximate surface area is 188 Å². The average Bonchev–Trinajstić information content (AvgIpc) is 2.99. The van der Waals surface area contributed by atoms with Gasteiger partial charge in [0, 0.05) is 22.6 Å². The zero-order valence-corrected chi connectivity index (χ0v) is 19.2. The Balaban J connectivity index is 1.67. The monoisotopic (exact) mass is 493 g/mol. The molecule has 1 aliphatic heterocycles. The number of hydrogen-bond acceptors (Lipinski definition) is 6. The van der Waals surface area contributed by atoms with E-state index in [-0.39, 0.29) is 5.91 Å². The molecule has 1 heterocycles. The first-order chi connectivity index (χ1) is 14.0. The maximum Gasteiger partial charge on any atom is 0.266 e. The number of rotatable bonds is 8. The summed E-state index contributed by atoms with van der Waals surface area (Å²) in [5, 5.41) is 0. The summed E-state index contributed by atoms with van der Waals surface area (Å²) < 4.78 is 18.3. The Morgan fingerprint density at radius 2 is 1.90 bits per heavy atom. The minimum Gasteiger partial charge on any atom is -0.497 e. The third kappa shape index (κ3) is 5.52. The van der Waals surface area contributed by atoms with Crippen LogP contribution >= 0.6 is 39.9 Å². The first-order valence-electron chi connectivity index (χ1n) is 8.96. The van der Waals surface area contributed by atoms with Crippen LogP contribution in [-0.4, -0.2) is 42.0 Å². The Bertz CT molecular complexity index is 948. The molecule has 0 saturated carbocycles. The van der Waals surface area contributed by atoms with E-state index in [1.807, 2.05) is 55.5 Å². The predicted molar refractivity (Wildman–Crippen MR) is 124 cm³/mol. The summed E-state index contributed by atoms with van der Waals surface area (Å²) in [6.45, 7) is 3.20. The van der Waals surface area contributed by atoms with Crippen molar-refractivity contribution in [3.63, 3.8) is 0 Å². The van der Waals surface area contributed by atoms with E-state index < -0.39 is 0 Å². The van der Waals surface area contributed by atoms with Gasteiger partial charge in [-0.25, -0.2) is 0 Å². The molecule has 29 heavy (non-hydrogen) atoms. The molecule has 152 valence electrons. The van der Waals surface area contributed by atoms with E-state index >= 15 is 0 Å². The Kier molecular flexibility index (Phi) is 7.57. The van der Waals surface area contributed by atoms with Gasteiger partial charge >= 0.3 is 0 Å². The van der Waals surface area contributed by atoms with Crippen molar-refractivity contribution in [1.82, 2.24) is 4.90 Å². The lowest BCUT2D eigenvalue weighted by atomic mass is 10.2. The second-order valence-corrected chi connectivity index (χ2v) is 8.58. The minimum atomic E-state index is -0.0743. The van der Waals surface area contributed by atoms with Crippen molar-refractivity contribution in [1.29, 1.82) is 0 Å². The van der Waals surface area contributed by atoms with Crippen molar-refractivity contribution < 1.29 is 19.0 Å². The number of thiocarbonyl (C=S) groups is 1. The number of nitrogens with zero attached hydrogens (tertiary/aromatic N) is 1. The topological polar surface area (TPSA) is 48.0 Å². The fourth-order valence-electron chi connectivity index (χ4n) is 2.68. The molecule has 0 atom stereocenters. The molecule has 0 radical (unpaired) electrons. The molecular weight excluding hydrogens is 474 g/mol. The van der Waals surface area contributed by atoms with Crippen molar-refractivity contribution in [2.24, 2.45) is 0 Å². The highest BCUT2D eigenvalue weighted by atomic mass is 79.9. The lowest BCUT2D eigenvalue weighted by Gasteiger charge is -2.12. The summed E-state index contributed by atoms with van der Waals surface area (Å²) in [7, 11) is 1.62. The van der Waals surface area contributed by atoms with Gasteiger partial charge in [0.15, 0.2) is 0 Å². The predicted octanol–water partition coefficient (Wildman–Crippen LogP) is 5.14. The van der Waals surface area contributed by atoms with E-state index in [4.69, 9.17) is 26.4 Å². The number of amides is 1. The van der Waals surface area contributed by atoms with Gasteiger partial charge in [-0.15, -0.1) is 0 Å². The standard InChI is InChI=1S/C21H20BrNO4S2/c1-3-23-20(24)19(29-21(23)28)12-14-11-15(22)7-8-18(14)27-10-9-26-17-6-4-5-16(13-17)25-2/h4-8,11-13H,3,9-10H2,1-2H3/b19-12-. The SMILES string of the molecule is CCN1C(=O)/C(=C/c2cc(Br)ccc2OCCOc2cccc(OC)c2)SC1=S. The van der Waals surface area contributed by atoms with Crippen LogP contribution in [0, 0.1) is 0 Å². The van der Waals surface area contributed by atoms with Crippen LogP contribution in [0.2, 0.25) is 0 Å². The van der Waals surface area contributed by atoms with Crippen LogP contribution in [0.15, 0.2) is 51.8 Å². The number of benzene rings is 2. The minimum absolute atomic E-state index is 0.0743. The zero-order valence-electron chi connectivity index (χ0n) is 16.0. The van der Waals surface area contributed by atoms with Crippen LogP contribution < -0.4 is 14.2 Å². The summed E-state index contributed by atoms with van der Waals surface area (Å²) in [6, 6.07) is 13.1. The maximum atomic E-state index is 12.5. The average molecular weight is 494 g/mol. The molecule has 0 N–H and O–H groups in total. The lowest BCUT2D eigenvalue weighted by molar-refractivity contribution is -0.121. The van der Waals surface area contributed by atoms with Gasteiger partial charge in [0.05, 0.1) is 12.0 Å². The number of hydrogen-bond donors (Lipinski definition) is 0. The third-order valence-corrected chi connectivity index (χ3v) is 5.97. The van der Waals surface area contributed by atoms with Crippen molar-refractivity contribution in [2.75, 3.05) is 26.9 Å². The number of methoxy groups -OCH3 is 1. The van der Waals surface area contributed by atoms with Gasteiger partial charge < -0.3 is 14.2 Å². The van der Waals surface area contributed by atoms with E-state index in [0.29, 0.717) is 40.5 Å². The zero-order chi connectivity index (χ0) is 20.8. The van der Waals surface area contributed by atoms with Gasteiger partial charge in [0.25, 0.3) is 5.91 Å². The van der Waals surface area contributed by atoms with Gasteiger partial charge in [-0.05, 0) is 43.3 Å². The van der Waals surface area contributed by atoms with Gasteiger partial charge in [-0.3, -0.25) is 9.69 Å². The van der Waals surface area contributed by atoms with Gasteiger partial charge in [-0.1, -0.05) is 46.0 Å². The number of halogens is 1. The molecule has 1 aliphatic rings. The molecule has 2 aromatic rings. The molecule has 2 aromatic carbocycles. The number of likely N-dealkylation sites (N-methyl/N-ethyl adjacent to an activating group) is 1. The molecule has 1 saturated heterocycles. The first kappa shape index (κ1) is 21.7.